The number of anilines is 1. The van der Waals surface area contributed by atoms with Crippen LogP contribution < -0.4 is 11.1 Å². The van der Waals surface area contributed by atoms with Gasteiger partial charge in [-0.2, -0.15) is 0 Å². The van der Waals surface area contributed by atoms with Gasteiger partial charge in [0, 0.05) is 23.8 Å². The van der Waals surface area contributed by atoms with E-state index in [1.807, 2.05) is 0 Å². The van der Waals surface area contributed by atoms with Crippen molar-refractivity contribution < 1.29 is 9.18 Å². The Balaban J connectivity index is 1.60. The Morgan fingerprint density at radius 3 is 2.70 bits per heavy atom. The predicted octanol–water partition coefficient (Wildman–Crippen LogP) is 1.72. The molecule has 2 fully saturated rings. The van der Waals surface area contributed by atoms with Gasteiger partial charge in [-0.1, -0.05) is 6.07 Å². The van der Waals surface area contributed by atoms with Crippen LogP contribution in [0.1, 0.15) is 25.7 Å². The number of nitrogens with zero attached hydrogens (tertiary/aromatic N) is 1. The quantitative estimate of drug-likeness (QED) is 0.884. The first-order valence-electron chi connectivity index (χ1n) is 7.18. The second kappa shape index (κ2) is 5.50. The van der Waals surface area contributed by atoms with Crippen LogP contribution in [0.2, 0.25) is 0 Å². The molecule has 0 aromatic heterocycles. The van der Waals surface area contributed by atoms with E-state index in [-0.39, 0.29) is 17.8 Å². The summed E-state index contributed by atoms with van der Waals surface area (Å²) in [6, 6.07) is 7.12. The van der Waals surface area contributed by atoms with Gasteiger partial charge >= 0.3 is 0 Å². The van der Waals surface area contributed by atoms with Crippen molar-refractivity contribution in [2.24, 2.45) is 5.73 Å². The van der Waals surface area contributed by atoms with Crippen molar-refractivity contribution >= 4 is 11.6 Å². The fraction of sp³-hybridized carbons (Fsp3) is 0.533. The zero-order valence-corrected chi connectivity index (χ0v) is 11.4. The number of rotatable bonds is 3. The van der Waals surface area contributed by atoms with Crippen LogP contribution in [-0.4, -0.2) is 35.5 Å². The summed E-state index contributed by atoms with van der Waals surface area (Å²) in [5.74, 6) is -0.421. The molecule has 20 heavy (non-hydrogen) atoms. The van der Waals surface area contributed by atoms with Crippen molar-refractivity contribution in [3.63, 3.8) is 0 Å². The van der Waals surface area contributed by atoms with Gasteiger partial charge in [-0.3, -0.25) is 9.69 Å². The highest BCUT2D eigenvalue weighted by molar-refractivity contribution is 5.92. The predicted molar refractivity (Wildman–Crippen MR) is 75.8 cm³/mol. The molecule has 4 nitrogen and oxygen atoms in total. The third-order valence-electron chi connectivity index (χ3n) is 4.36. The highest BCUT2D eigenvalue weighted by Crippen LogP contribution is 2.34. The maximum absolute atomic E-state index is 13.1. The summed E-state index contributed by atoms with van der Waals surface area (Å²) in [7, 11) is 0. The van der Waals surface area contributed by atoms with E-state index >= 15 is 0 Å². The van der Waals surface area contributed by atoms with E-state index in [1.54, 1.807) is 12.1 Å². The molecule has 1 aromatic rings. The molecular formula is C15H20FN3O. The Morgan fingerprint density at radius 1 is 1.35 bits per heavy atom. The van der Waals surface area contributed by atoms with Crippen LogP contribution in [0.15, 0.2) is 24.3 Å². The van der Waals surface area contributed by atoms with Gasteiger partial charge in [-0.15, -0.1) is 0 Å². The Hall–Kier alpha value is -1.46. The lowest BCUT2D eigenvalue weighted by molar-refractivity contribution is -0.118. The average molecular weight is 277 g/mol. The van der Waals surface area contributed by atoms with E-state index in [9.17, 15) is 9.18 Å². The average Bonchev–Trinajstić information content (AvgIpc) is 2.62. The molecular weight excluding hydrogens is 257 g/mol. The molecule has 108 valence electrons. The Bertz CT molecular complexity index is 494. The molecule has 3 rings (SSSR count). The standard InChI is InChI=1S/C15H20FN3O/c16-10-2-1-3-12(6-10)18-15(20)9-19-13-4-5-14(19)8-11(17)7-13/h1-3,6,11,13-14H,4-5,7-9,17H2,(H,18,20). The first-order chi connectivity index (χ1) is 9.61. The summed E-state index contributed by atoms with van der Waals surface area (Å²) in [6.07, 6.45) is 4.21. The summed E-state index contributed by atoms with van der Waals surface area (Å²) in [4.78, 5) is 14.3. The van der Waals surface area contributed by atoms with Gasteiger partial charge in [0.1, 0.15) is 5.82 Å². The highest BCUT2D eigenvalue weighted by atomic mass is 19.1. The van der Waals surface area contributed by atoms with Gasteiger partial charge in [-0.25, -0.2) is 4.39 Å². The molecule has 2 unspecified atom stereocenters. The van der Waals surface area contributed by atoms with Crippen LogP contribution in [0.25, 0.3) is 0 Å². The van der Waals surface area contributed by atoms with Crippen molar-refractivity contribution in [1.29, 1.82) is 0 Å². The molecule has 2 aliphatic heterocycles. The maximum atomic E-state index is 13.1. The van der Waals surface area contributed by atoms with Gasteiger partial charge in [-0.05, 0) is 43.9 Å². The number of benzene rings is 1. The fourth-order valence-corrected chi connectivity index (χ4v) is 3.51. The SMILES string of the molecule is NC1CC2CCC(C1)N2CC(=O)Nc1cccc(F)c1. The van der Waals surface area contributed by atoms with Gasteiger partial charge in [0.25, 0.3) is 0 Å². The third-order valence-corrected chi connectivity index (χ3v) is 4.36. The molecule has 0 radical (unpaired) electrons. The lowest BCUT2D eigenvalue weighted by atomic mass is 9.98. The largest absolute Gasteiger partial charge is 0.328 e. The first kappa shape index (κ1) is 13.5. The van der Waals surface area contributed by atoms with Crippen LogP contribution in [-0.2, 0) is 4.79 Å². The van der Waals surface area contributed by atoms with Gasteiger partial charge in [0.15, 0.2) is 0 Å². The summed E-state index contributed by atoms with van der Waals surface area (Å²) >= 11 is 0. The van der Waals surface area contributed by atoms with Crippen molar-refractivity contribution in [3.05, 3.63) is 30.1 Å². The zero-order valence-electron chi connectivity index (χ0n) is 11.4. The normalized spacial score (nSPS) is 29.4. The second-order valence-electron chi connectivity index (χ2n) is 5.85. The molecule has 0 saturated carbocycles. The van der Waals surface area contributed by atoms with E-state index < -0.39 is 0 Å². The monoisotopic (exact) mass is 277 g/mol. The Labute approximate surface area is 118 Å². The van der Waals surface area contributed by atoms with Gasteiger partial charge in [0.2, 0.25) is 5.91 Å². The first-order valence-corrected chi connectivity index (χ1v) is 7.18. The summed E-state index contributed by atoms with van der Waals surface area (Å²) in [5, 5.41) is 2.76. The Kier molecular flexibility index (Phi) is 3.72. The molecule has 2 aliphatic rings. The summed E-state index contributed by atoms with van der Waals surface area (Å²) < 4.78 is 13.1. The number of hydrogen-bond acceptors (Lipinski definition) is 3. The number of carbonyl (C=O) groups is 1. The number of nitrogens with one attached hydrogen (secondary N) is 1. The highest BCUT2D eigenvalue weighted by Gasteiger charge is 2.40. The number of nitrogens with two attached hydrogens (primary N) is 1. The van der Waals surface area contributed by atoms with Crippen molar-refractivity contribution in [2.75, 3.05) is 11.9 Å². The molecule has 1 amide bonds. The number of piperidine rings is 1. The Morgan fingerprint density at radius 2 is 2.05 bits per heavy atom. The van der Waals surface area contributed by atoms with Crippen LogP contribution in [0.3, 0.4) is 0 Å². The molecule has 3 N–H and O–H groups in total. The van der Waals surface area contributed by atoms with Crippen LogP contribution in [0, 0.1) is 5.82 Å². The lowest BCUT2D eigenvalue weighted by Crippen LogP contribution is -2.49. The smallest absolute Gasteiger partial charge is 0.238 e. The van der Waals surface area contributed by atoms with Crippen molar-refractivity contribution in [1.82, 2.24) is 4.90 Å². The van der Waals surface area contributed by atoms with Crippen molar-refractivity contribution in [3.8, 4) is 0 Å². The van der Waals surface area contributed by atoms with Crippen LogP contribution in [0.5, 0.6) is 0 Å². The lowest BCUT2D eigenvalue weighted by Gasteiger charge is -2.37. The van der Waals surface area contributed by atoms with Crippen LogP contribution in [0.4, 0.5) is 10.1 Å². The molecule has 1 aromatic carbocycles. The summed E-state index contributed by atoms with van der Waals surface area (Å²) in [5.41, 5.74) is 6.53. The number of hydrogen-bond donors (Lipinski definition) is 2. The maximum Gasteiger partial charge on any atom is 0.238 e. The number of halogens is 1. The minimum Gasteiger partial charge on any atom is -0.328 e. The van der Waals surface area contributed by atoms with Crippen LogP contribution >= 0.6 is 0 Å². The number of fused-ring (bicyclic) bond motifs is 2. The molecule has 0 aliphatic carbocycles. The van der Waals surface area contributed by atoms with E-state index in [0.29, 0.717) is 24.3 Å². The van der Waals surface area contributed by atoms with E-state index in [0.717, 1.165) is 25.7 Å². The number of amides is 1. The van der Waals surface area contributed by atoms with Gasteiger partial charge < -0.3 is 11.1 Å². The molecule has 2 heterocycles. The molecule has 2 saturated heterocycles. The minimum atomic E-state index is -0.341. The van der Waals surface area contributed by atoms with E-state index in [1.165, 1.54) is 12.1 Å². The number of carbonyl (C=O) groups excluding carboxylic acids is 1. The minimum absolute atomic E-state index is 0.0806. The molecule has 2 bridgehead atoms. The molecule has 0 spiro atoms. The van der Waals surface area contributed by atoms with Gasteiger partial charge in [0.05, 0.1) is 6.54 Å². The summed E-state index contributed by atoms with van der Waals surface area (Å²) in [6.45, 7) is 0.374. The zero-order chi connectivity index (χ0) is 14.1. The third kappa shape index (κ3) is 2.83. The molecule has 2 atom stereocenters. The van der Waals surface area contributed by atoms with Crippen molar-refractivity contribution in [2.45, 2.75) is 43.8 Å². The molecule has 5 heteroatoms. The van der Waals surface area contributed by atoms with E-state index in [2.05, 4.69) is 10.2 Å². The topological polar surface area (TPSA) is 58.4 Å². The van der Waals surface area contributed by atoms with E-state index in [4.69, 9.17) is 5.73 Å². The second-order valence-corrected chi connectivity index (χ2v) is 5.85. The fourth-order valence-electron chi connectivity index (χ4n) is 3.51.